The van der Waals surface area contributed by atoms with Gasteiger partial charge in [0.25, 0.3) is 0 Å². The fraction of sp³-hybridized carbons (Fsp3) is 0.0714. The van der Waals surface area contributed by atoms with Crippen LogP contribution in [0.25, 0.3) is 5.57 Å². The van der Waals surface area contributed by atoms with E-state index in [1.807, 2.05) is 25.1 Å². The Morgan fingerprint density at radius 1 is 1.25 bits per heavy atom. The first-order chi connectivity index (χ1) is 7.50. The summed E-state index contributed by atoms with van der Waals surface area (Å²) in [6.07, 6.45) is 3.67. The Morgan fingerprint density at radius 2 is 1.88 bits per heavy atom. The molecule has 1 aromatic rings. The number of carboxylic acids is 1. The fourth-order valence-electron chi connectivity index (χ4n) is 1.19. The van der Waals surface area contributed by atoms with Gasteiger partial charge in [0, 0.05) is 0 Å². The highest BCUT2D eigenvalue weighted by molar-refractivity contribution is 5.89. The topological polar surface area (TPSA) is 37.3 Å². The average molecular weight is 214 g/mol. The van der Waals surface area contributed by atoms with E-state index in [9.17, 15) is 4.79 Å². The molecule has 0 aliphatic carbocycles. The maximum absolute atomic E-state index is 10.8. The molecule has 2 nitrogen and oxygen atoms in total. The number of aromatic carboxylic acids is 1. The molecule has 0 aliphatic rings. The summed E-state index contributed by atoms with van der Waals surface area (Å²) in [5.41, 5.74) is 2.77. The van der Waals surface area contributed by atoms with Crippen molar-refractivity contribution in [1.29, 1.82) is 0 Å². The van der Waals surface area contributed by atoms with Gasteiger partial charge in [-0.3, -0.25) is 0 Å². The van der Waals surface area contributed by atoms with Gasteiger partial charge in [0.1, 0.15) is 0 Å². The molecule has 2 heteroatoms. The Kier molecular flexibility index (Phi) is 3.84. The number of allylic oxidation sites excluding steroid dienone is 4. The zero-order valence-electron chi connectivity index (χ0n) is 9.23. The molecule has 1 aromatic carbocycles. The largest absolute Gasteiger partial charge is 0.478 e. The van der Waals surface area contributed by atoms with Crippen molar-refractivity contribution in [2.24, 2.45) is 0 Å². The molecule has 0 fully saturated rings. The molecule has 82 valence electrons. The third kappa shape index (κ3) is 3.24. The summed E-state index contributed by atoms with van der Waals surface area (Å²) in [6.45, 7) is 9.51. The van der Waals surface area contributed by atoms with Crippen LogP contribution in [0.1, 0.15) is 22.8 Å². The monoisotopic (exact) mass is 214 g/mol. The molecule has 0 amide bonds. The zero-order valence-corrected chi connectivity index (χ0v) is 9.23. The minimum Gasteiger partial charge on any atom is -0.478 e. The van der Waals surface area contributed by atoms with Gasteiger partial charge in [0.05, 0.1) is 5.56 Å². The molecule has 0 spiro atoms. The molecular formula is C14H14O2. The van der Waals surface area contributed by atoms with Gasteiger partial charge < -0.3 is 5.11 Å². The molecule has 0 aromatic heterocycles. The molecule has 0 aliphatic heterocycles. The molecule has 0 bridgehead atoms. The lowest BCUT2D eigenvalue weighted by atomic mass is 10.0. The lowest BCUT2D eigenvalue weighted by Gasteiger charge is -2.02. The third-order valence-electron chi connectivity index (χ3n) is 2.05. The van der Waals surface area contributed by atoms with E-state index in [0.29, 0.717) is 0 Å². The van der Waals surface area contributed by atoms with Crippen LogP contribution in [-0.2, 0) is 0 Å². The van der Waals surface area contributed by atoms with Crippen LogP contribution >= 0.6 is 0 Å². The molecule has 0 saturated carbocycles. The highest BCUT2D eigenvalue weighted by Gasteiger charge is 2.03. The van der Waals surface area contributed by atoms with Gasteiger partial charge in [-0.1, -0.05) is 43.0 Å². The van der Waals surface area contributed by atoms with Crippen LogP contribution < -0.4 is 0 Å². The van der Waals surface area contributed by atoms with Gasteiger partial charge in [0.15, 0.2) is 0 Å². The maximum Gasteiger partial charge on any atom is 0.335 e. The molecule has 0 heterocycles. The lowest BCUT2D eigenvalue weighted by Crippen LogP contribution is -1.96. The molecule has 0 saturated heterocycles. The van der Waals surface area contributed by atoms with Crippen molar-refractivity contribution in [2.45, 2.75) is 6.92 Å². The van der Waals surface area contributed by atoms with Crippen LogP contribution in [0, 0.1) is 0 Å². The molecule has 16 heavy (non-hydrogen) atoms. The van der Waals surface area contributed by atoms with E-state index in [4.69, 9.17) is 5.11 Å². The fourth-order valence-corrected chi connectivity index (χ4v) is 1.19. The van der Waals surface area contributed by atoms with E-state index >= 15 is 0 Å². The van der Waals surface area contributed by atoms with Crippen molar-refractivity contribution in [3.8, 4) is 0 Å². The van der Waals surface area contributed by atoms with Crippen LogP contribution in [-0.4, -0.2) is 11.1 Å². The van der Waals surface area contributed by atoms with Crippen LogP contribution in [0.2, 0.25) is 0 Å². The second-order valence-corrected chi connectivity index (χ2v) is 3.59. The van der Waals surface area contributed by atoms with Crippen LogP contribution in [0.3, 0.4) is 0 Å². The van der Waals surface area contributed by atoms with Gasteiger partial charge in [-0.25, -0.2) is 4.79 Å². The van der Waals surface area contributed by atoms with Crippen molar-refractivity contribution in [1.82, 2.24) is 0 Å². The Labute approximate surface area is 95.2 Å². The molecular weight excluding hydrogens is 200 g/mol. The van der Waals surface area contributed by atoms with E-state index < -0.39 is 5.97 Å². The van der Waals surface area contributed by atoms with Gasteiger partial charge >= 0.3 is 5.97 Å². The van der Waals surface area contributed by atoms with Crippen molar-refractivity contribution in [3.63, 3.8) is 0 Å². The highest BCUT2D eigenvalue weighted by atomic mass is 16.4. The maximum atomic E-state index is 10.8. The van der Waals surface area contributed by atoms with Gasteiger partial charge in [-0.05, 0) is 30.2 Å². The van der Waals surface area contributed by atoms with Crippen LogP contribution in [0.4, 0.5) is 0 Å². The first kappa shape index (κ1) is 12.0. The summed E-state index contributed by atoms with van der Waals surface area (Å²) < 4.78 is 0. The summed E-state index contributed by atoms with van der Waals surface area (Å²) in [7, 11) is 0. The van der Waals surface area contributed by atoms with Crippen molar-refractivity contribution < 1.29 is 9.90 Å². The average Bonchev–Trinajstić information content (AvgIpc) is 2.26. The van der Waals surface area contributed by atoms with Crippen molar-refractivity contribution in [2.75, 3.05) is 0 Å². The first-order valence-electron chi connectivity index (χ1n) is 4.87. The Balaban J connectivity index is 2.96. The number of carboxylic acid groups (broad SMARTS) is 1. The minimum atomic E-state index is -0.932. The van der Waals surface area contributed by atoms with Gasteiger partial charge in [-0.15, -0.1) is 0 Å². The van der Waals surface area contributed by atoms with E-state index in [0.717, 1.165) is 16.7 Å². The van der Waals surface area contributed by atoms with Gasteiger partial charge in [-0.2, -0.15) is 0 Å². The normalized spacial score (nSPS) is 10.3. The zero-order chi connectivity index (χ0) is 12.1. The number of carbonyl (C=O) groups is 1. The van der Waals surface area contributed by atoms with Crippen molar-refractivity contribution >= 4 is 11.5 Å². The molecule has 1 rings (SSSR count). The Hall–Kier alpha value is -2.09. The summed E-state index contributed by atoms with van der Waals surface area (Å²) in [4.78, 5) is 10.8. The van der Waals surface area contributed by atoms with E-state index in [2.05, 4.69) is 13.2 Å². The minimum absolute atomic E-state index is 0.266. The smallest absolute Gasteiger partial charge is 0.335 e. The van der Waals surface area contributed by atoms with Crippen molar-refractivity contribution in [3.05, 3.63) is 66.3 Å². The predicted molar refractivity (Wildman–Crippen MR) is 66.4 cm³/mol. The Bertz CT molecular complexity index is 467. The molecule has 0 unspecified atom stereocenters. The van der Waals surface area contributed by atoms with Gasteiger partial charge in [0.2, 0.25) is 0 Å². The van der Waals surface area contributed by atoms with E-state index in [1.165, 1.54) is 0 Å². The first-order valence-corrected chi connectivity index (χ1v) is 4.87. The highest BCUT2D eigenvalue weighted by Crippen LogP contribution is 2.16. The van der Waals surface area contributed by atoms with Crippen LogP contribution in [0.15, 0.2) is 55.1 Å². The van der Waals surface area contributed by atoms with E-state index in [1.54, 1.807) is 18.2 Å². The standard InChI is InChI=1S/C14H14O2/c1-10(2)7-8-11(3)12-5-4-6-13(9-12)14(15)16/h4-9H,1,3H2,2H3,(H,15,16)/b8-7-. The summed E-state index contributed by atoms with van der Waals surface area (Å²) in [5.74, 6) is -0.932. The summed E-state index contributed by atoms with van der Waals surface area (Å²) >= 11 is 0. The molecule has 1 N–H and O–H groups in total. The number of rotatable bonds is 4. The predicted octanol–water partition coefficient (Wildman–Crippen LogP) is 3.53. The third-order valence-corrected chi connectivity index (χ3v) is 2.05. The molecule has 0 radical (unpaired) electrons. The second-order valence-electron chi connectivity index (χ2n) is 3.59. The number of hydrogen-bond donors (Lipinski definition) is 1. The summed E-state index contributed by atoms with van der Waals surface area (Å²) in [5, 5.41) is 8.85. The lowest BCUT2D eigenvalue weighted by molar-refractivity contribution is 0.0697. The molecule has 0 atom stereocenters. The summed E-state index contributed by atoms with van der Waals surface area (Å²) in [6, 6.07) is 6.70. The Morgan fingerprint density at radius 3 is 2.44 bits per heavy atom. The number of hydrogen-bond acceptors (Lipinski definition) is 1. The number of benzene rings is 1. The van der Waals surface area contributed by atoms with E-state index in [-0.39, 0.29) is 5.56 Å². The SMILES string of the molecule is C=C(C)/C=C\C(=C)c1cccc(C(=O)O)c1. The second kappa shape index (κ2) is 5.12. The quantitative estimate of drug-likeness (QED) is 0.778. The van der Waals surface area contributed by atoms with Crippen LogP contribution in [0.5, 0.6) is 0 Å².